The average Bonchev–Trinajstić information content (AvgIpc) is 2.39. The summed E-state index contributed by atoms with van der Waals surface area (Å²) in [7, 11) is 1.35. The van der Waals surface area contributed by atoms with E-state index >= 15 is 0 Å². The number of hydrogen-bond acceptors (Lipinski definition) is 3. The van der Waals surface area contributed by atoms with Crippen LogP contribution < -0.4 is 0 Å². The van der Waals surface area contributed by atoms with Crippen LogP contribution in [0.2, 0.25) is 0 Å². The summed E-state index contributed by atoms with van der Waals surface area (Å²) in [5.74, 6) is 5.41. The van der Waals surface area contributed by atoms with Crippen molar-refractivity contribution in [3.63, 3.8) is 0 Å². The van der Waals surface area contributed by atoms with Gasteiger partial charge in [-0.05, 0) is 30.2 Å². The minimum Gasteiger partial charge on any atom is -0.465 e. The maximum Gasteiger partial charge on any atom is 0.338 e. The Labute approximate surface area is 105 Å². The Morgan fingerprint density at radius 3 is 3.00 bits per heavy atom. The van der Waals surface area contributed by atoms with Crippen LogP contribution in [-0.4, -0.2) is 19.6 Å². The van der Waals surface area contributed by atoms with E-state index in [4.69, 9.17) is 5.53 Å². The van der Waals surface area contributed by atoms with Crippen LogP contribution >= 0.6 is 0 Å². The summed E-state index contributed by atoms with van der Waals surface area (Å²) in [6, 6.07) is 5.35. The first-order chi connectivity index (χ1) is 8.69. The Morgan fingerprint density at radius 2 is 2.33 bits per heavy atom. The van der Waals surface area contributed by atoms with E-state index in [0.29, 0.717) is 18.5 Å². The molecule has 5 heteroatoms. The number of rotatable bonds is 3. The Hall–Kier alpha value is -2.44. The highest BCUT2D eigenvalue weighted by molar-refractivity contribution is 5.91. The number of esters is 1. The van der Waals surface area contributed by atoms with Crippen molar-refractivity contribution in [1.82, 2.24) is 0 Å². The molecule has 0 aliphatic heterocycles. The Kier molecular flexibility index (Phi) is 5.30. The Bertz CT molecular complexity index is 549. The quantitative estimate of drug-likeness (QED) is 0.204. The number of azide groups is 1. The molecule has 0 amide bonds. The molecule has 0 saturated carbocycles. The highest BCUT2D eigenvalue weighted by Crippen LogP contribution is 2.11. The highest BCUT2D eigenvalue weighted by atomic mass is 16.5. The third-order valence-corrected chi connectivity index (χ3v) is 2.28. The maximum absolute atomic E-state index is 11.5. The minimum atomic E-state index is -0.370. The van der Waals surface area contributed by atoms with Crippen LogP contribution in [0.5, 0.6) is 0 Å². The van der Waals surface area contributed by atoms with Crippen molar-refractivity contribution in [1.29, 1.82) is 0 Å². The van der Waals surface area contributed by atoms with Crippen molar-refractivity contribution >= 4 is 5.97 Å². The van der Waals surface area contributed by atoms with E-state index in [2.05, 4.69) is 26.6 Å². The number of aryl methyl sites for hydroxylation is 1. The normalized spacial score (nSPS) is 8.78. The molecule has 0 aromatic heterocycles. The van der Waals surface area contributed by atoms with E-state index < -0.39 is 0 Å². The lowest BCUT2D eigenvalue weighted by atomic mass is 10.1. The predicted octanol–water partition coefficient (Wildman–Crippen LogP) is 2.83. The Morgan fingerprint density at radius 1 is 1.56 bits per heavy atom. The Balaban J connectivity index is 2.84. The van der Waals surface area contributed by atoms with Gasteiger partial charge in [-0.2, -0.15) is 0 Å². The maximum atomic E-state index is 11.5. The number of hydrogen-bond donors (Lipinski definition) is 0. The summed E-state index contributed by atoms with van der Waals surface area (Å²) in [5.41, 5.74) is 10.2. The zero-order valence-corrected chi connectivity index (χ0v) is 10.3. The van der Waals surface area contributed by atoms with Crippen LogP contribution in [0.3, 0.4) is 0 Å². The molecule has 18 heavy (non-hydrogen) atoms. The largest absolute Gasteiger partial charge is 0.465 e. The van der Waals surface area contributed by atoms with E-state index in [0.717, 1.165) is 11.1 Å². The number of carbonyl (C=O) groups excluding carboxylic acids is 1. The van der Waals surface area contributed by atoms with E-state index in [1.54, 1.807) is 6.07 Å². The molecule has 0 aliphatic rings. The van der Waals surface area contributed by atoms with Crippen LogP contribution in [0.25, 0.3) is 10.4 Å². The average molecular weight is 243 g/mol. The monoisotopic (exact) mass is 243 g/mol. The highest BCUT2D eigenvalue weighted by Gasteiger charge is 2.08. The van der Waals surface area contributed by atoms with Crippen LogP contribution in [0.15, 0.2) is 23.3 Å². The first-order valence-corrected chi connectivity index (χ1v) is 5.37. The lowest BCUT2D eigenvalue weighted by Crippen LogP contribution is -2.03. The fourth-order valence-electron chi connectivity index (χ4n) is 1.34. The van der Waals surface area contributed by atoms with E-state index in [9.17, 15) is 4.79 Å². The van der Waals surface area contributed by atoms with Gasteiger partial charge in [0.2, 0.25) is 0 Å². The van der Waals surface area contributed by atoms with Gasteiger partial charge in [-0.15, -0.1) is 0 Å². The second-order valence-corrected chi connectivity index (χ2v) is 3.53. The van der Waals surface area contributed by atoms with Crippen LogP contribution in [0.1, 0.15) is 27.9 Å². The summed E-state index contributed by atoms with van der Waals surface area (Å²) < 4.78 is 4.69. The van der Waals surface area contributed by atoms with Gasteiger partial charge in [0, 0.05) is 23.4 Å². The number of carbonyl (C=O) groups is 1. The molecular formula is C13H13N3O2. The van der Waals surface area contributed by atoms with Gasteiger partial charge >= 0.3 is 5.97 Å². The molecule has 0 fully saturated rings. The molecule has 5 nitrogen and oxygen atoms in total. The van der Waals surface area contributed by atoms with Gasteiger partial charge in [-0.1, -0.05) is 23.0 Å². The van der Waals surface area contributed by atoms with Gasteiger partial charge in [-0.3, -0.25) is 0 Å². The van der Waals surface area contributed by atoms with E-state index in [1.807, 2.05) is 19.1 Å². The molecule has 0 aliphatic carbocycles. The van der Waals surface area contributed by atoms with Crippen LogP contribution in [-0.2, 0) is 4.74 Å². The molecule has 0 radical (unpaired) electrons. The predicted molar refractivity (Wildman–Crippen MR) is 68.0 cm³/mol. The van der Waals surface area contributed by atoms with Crippen LogP contribution in [0, 0.1) is 18.8 Å². The fourth-order valence-corrected chi connectivity index (χ4v) is 1.34. The molecular weight excluding hydrogens is 230 g/mol. The number of ether oxygens (including phenoxy) is 1. The van der Waals surface area contributed by atoms with Gasteiger partial charge in [0.05, 0.1) is 12.7 Å². The first-order valence-electron chi connectivity index (χ1n) is 5.37. The molecule has 92 valence electrons. The molecule has 0 unspecified atom stereocenters. The topological polar surface area (TPSA) is 75.1 Å². The molecule has 0 saturated heterocycles. The summed E-state index contributed by atoms with van der Waals surface area (Å²) in [6.07, 6.45) is 0.492. The molecule has 0 bridgehead atoms. The third kappa shape index (κ3) is 3.85. The molecule has 1 aromatic rings. The van der Waals surface area contributed by atoms with Gasteiger partial charge < -0.3 is 4.74 Å². The van der Waals surface area contributed by atoms with Crippen molar-refractivity contribution in [2.24, 2.45) is 5.11 Å². The second kappa shape index (κ2) is 7.00. The van der Waals surface area contributed by atoms with Crippen molar-refractivity contribution < 1.29 is 9.53 Å². The van der Waals surface area contributed by atoms with Crippen molar-refractivity contribution in [3.8, 4) is 11.8 Å². The van der Waals surface area contributed by atoms with Gasteiger partial charge in [0.25, 0.3) is 0 Å². The standard InChI is InChI=1S/C13H13N3O2/c1-10-6-7-11(5-3-4-8-15-16-14)9-12(10)13(17)18-2/h6-7,9H,4,8H2,1-2H3. The second-order valence-electron chi connectivity index (χ2n) is 3.53. The summed E-state index contributed by atoms with van der Waals surface area (Å²) in [4.78, 5) is 14.1. The zero-order valence-electron chi connectivity index (χ0n) is 10.3. The molecule has 0 N–H and O–H groups in total. The summed E-state index contributed by atoms with van der Waals surface area (Å²) >= 11 is 0. The van der Waals surface area contributed by atoms with Crippen molar-refractivity contribution in [2.75, 3.05) is 13.7 Å². The third-order valence-electron chi connectivity index (χ3n) is 2.28. The minimum absolute atomic E-state index is 0.346. The summed E-state index contributed by atoms with van der Waals surface area (Å²) in [6.45, 7) is 2.18. The molecule has 0 heterocycles. The smallest absolute Gasteiger partial charge is 0.338 e. The molecule has 1 rings (SSSR count). The first kappa shape index (κ1) is 13.6. The number of nitrogens with zero attached hydrogens (tertiary/aromatic N) is 3. The van der Waals surface area contributed by atoms with Crippen LogP contribution in [0.4, 0.5) is 0 Å². The molecule has 0 spiro atoms. The van der Waals surface area contributed by atoms with Crippen molar-refractivity contribution in [3.05, 3.63) is 45.3 Å². The molecule has 0 atom stereocenters. The van der Waals surface area contributed by atoms with Gasteiger partial charge in [0.1, 0.15) is 0 Å². The van der Waals surface area contributed by atoms with E-state index in [1.165, 1.54) is 7.11 Å². The molecule has 1 aromatic carbocycles. The SMILES string of the molecule is COC(=O)c1cc(C#CCCN=[N+]=[N-])ccc1C. The fraction of sp³-hybridized carbons (Fsp3) is 0.308. The lowest BCUT2D eigenvalue weighted by Gasteiger charge is -2.03. The lowest BCUT2D eigenvalue weighted by molar-refractivity contribution is 0.0600. The number of benzene rings is 1. The van der Waals surface area contributed by atoms with E-state index in [-0.39, 0.29) is 5.97 Å². The zero-order chi connectivity index (χ0) is 13.4. The number of methoxy groups -OCH3 is 1. The van der Waals surface area contributed by atoms with Gasteiger partial charge in [0.15, 0.2) is 0 Å². The van der Waals surface area contributed by atoms with Gasteiger partial charge in [-0.25, -0.2) is 4.79 Å². The van der Waals surface area contributed by atoms with Crippen molar-refractivity contribution in [2.45, 2.75) is 13.3 Å². The summed E-state index contributed by atoms with van der Waals surface area (Å²) in [5, 5.41) is 3.38.